The second kappa shape index (κ2) is 4.43. The monoisotopic (exact) mass is 230 g/mol. The van der Waals surface area contributed by atoms with E-state index in [1.807, 2.05) is 12.1 Å². The molecule has 0 fully saturated rings. The molecule has 0 aliphatic carbocycles. The number of aliphatic hydroxyl groups is 1. The topological polar surface area (TPSA) is 29.5 Å². The Morgan fingerprint density at radius 3 is 3.00 bits per heavy atom. The molecule has 90 valence electrons. The van der Waals surface area contributed by atoms with Crippen LogP contribution >= 0.6 is 0 Å². The van der Waals surface area contributed by atoms with Gasteiger partial charge in [0.15, 0.2) is 0 Å². The van der Waals surface area contributed by atoms with Crippen LogP contribution in [0.3, 0.4) is 0 Å². The number of rotatable bonds is 3. The SMILES string of the molecule is C#CCCC(O)c1cccc2c1OC(C)(C)C2. The van der Waals surface area contributed by atoms with Crippen LogP contribution in [0.5, 0.6) is 5.75 Å². The summed E-state index contributed by atoms with van der Waals surface area (Å²) in [6, 6.07) is 5.95. The molecule has 17 heavy (non-hydrogen) atoms. The molecule has 0 bridgehead atoms. The van der Waals surface area contributed by atoms with E-state index >= 15 is 0 Å². The molecule has 1 aromatic rings. The predicted octanol–water partition coefficient (Wildman–Crippen LogP) is 2.85. The minimum absolute atomic E-state index is 0.176. The first-order valence-corrected chi connectivity index (χ1v) is 5.96. The van der Waals surface area contributed by atoms with Crippen molar-refractivity contribution < 1.29 is 9.84 Å². The zero-order valence-electron chi connectivity index (χ0n) is 10.4. The molecular weight excluding hydrogens is 212 g/mol. The van der Waals surface area contributed by atoms with Gasteiger partial charge in [-0.25, -0.2) is 0 Å². The summed E-state index contributed by atoms with van der Waals surface area (Å²) in [7, 11) is 0. The lowest BCUT2D eigenvalue weighted by molar-refractivity contribution is 0.124. The number of aliphatic hydroxyl groups excluding tert-OH is 1. The molecule has 2 nitrogen and oxygen atoms in total. The van der Waals surface area contributed by atoms with Crippen LogP contribution in [0.1, 0.15) is 43.9 Å². The minimum Gasteiger partial charge on any atom is -0.487 e. The highest BCUT2D eigenvalue weighted by Gasteiger charge is 2.32. The van der Waals surface area contributed by atoms with Crippen LogP contribution in [0.4, 0.5) is 0 Å². The van der Waals surface area contributed by atoms with Crippen LogP contribution in [-0.4, -0.2) is 10.7 Å². The standard InChI is InChI=1S/C15H18O2/c1-4-5-9-13(16)12-8-6-7-11-10-15(2,3)17-14(11)12/h1,6-8,13,16H,5,9-10H2,2-3H3. The summed E-state index contributed by atoms with van der Waals surface area (Å²) >= 11 is 0. The van der Waals surface area contributed by atoms with Crippen molar-refractivity contribution in [3.05, 3.63) is 29.3 Å². The lowest BCUT2D eigenvalue weighted by Crippen LogP contribution is -2.25. The first kappa shape index (κ1) is 12.0. The van der Waals surface area contributed by atoms with E-state index in [1.54, 1.807) is 0 Å². The van der Waals surface area contributed by atoms with Gasteiger partial charge in [0.05, 0.1) is 6.10 Å². The molecule has 0 saturated heterocycles. The Bertz CT molecular complexity index is 454. The Labute approximate surface area is 103 Å². The van der Waals surface area contributed by atoms with E-state index < -0.39 is 6.10 Å². The average molecular weight is 230 g/mol. The van der Waals surface area contributed by atoms with Crippen molar-refractivity contribution in [2.24, 2.45) is 0 Å². The highest BCUT2D eigenvalue weighted by Crippen LogP contribution is 2.40. The van der Waals surface area contributed by atoms with Crippen molar-refractivity contribution >= 4 is 0 Å². The van der Waals surface area contributed by atoms with Crippen LogP contribution < -0.4 is 4.74 Å². The Hall–Kier alpha value is -1.46. The Morgan fingerprint density at radius 1 is 1.53 bits per heavy atom. The Morgan fingerprint density at radius 2 is 2.29 bits per heavy atom. The fourth-order valence-corrected chi connectivity index (χ4v) is 2.28. The number of hydrogen-bond donors (Lipinski definition) is 1. The zero-order valence-corrected chi connectivity index (χ0v) is 10.4. The van der Waals surface area contributed by atoms with Crippen molar-refractivity contribution in [1.29, 1.82) is 0 Å². The van der Waals surface area contributed by atoms with Crippen LogP contribution in [0.25, 0.3) is 0 Å². The Balaban J connectivity index is 2.27. The first-order valence-electron chi connectivity index (χ1n) is 5.96. The van der Waals surface area contributed by atoms with Crippen molar-refractivity contribution in [3.63, 3.8) is 0 Å². The molecule has 2 heteroatoms. The molecule has 1 N–H and O–H groups in total. The smallest absolute Gasteiger partial charge is 0.129 e. The molecule has 0 spiro atoms. The quantitative estimate of drug-likeness (QED) is 0.809. The summed E-state index contributed by atoms with van der Waals surface area (Å²) in [6.07, 6.45) is 6.73. The van der Waals surface area contributed by atoms with Gasteiger partial charge in [0.25, 0.3) is 0 Å². The number of benzene rings is 1. The van der Waals surface area contributed by atoms with Gasteiger partial charge < -0.3 is 9.84 Å². The molecule has 1 unspecified atom stereocenters. The van der Waals surface area contributed by atoms with E-state index in [1.165, 1.54) is 5.56 Å². The number of hydrogen-bond acceptors (Lipinski definition) is 2. The fraction of sp³-hybridized carbons (Fsp3) is 0.467. The van der Waals surface area contributed by atoms with E-state index in [9.17, 15) is 5.11 Å². The van der Waals surface area contributed by atoms with Gasteiger partial charge in [-0.15, -0.1) is 12.3 Å². The molecule has 0 aromatic heterocycles. The van der Waals surface area contributed by atoms with E-state index in [4.69, 9.17) is 11.2 Å². The molecule has 0 saturated carbocycles. The summed E-state index contributed by atoms with van der Waals surface area (Å²) in [5.74, 6) is 3.40. The van der Waals surface area contributed by atoms with Crippen LogP contribution in [0.15, 0.2) is 18.2 Å². The van der Waals surface area contributed by atoms with Gasteiger partial charge in [-0.1, -0.05) is 18.2 Å². The molecule has 1 aliphatic heterocycles. The van der Waals surface area contributed by atoms with Crippen LogP contribution in [-0.2, 0) is 6.42 Å². The van der Waals surface area contributed by atoms with Gasteiger partial charge in [-0.2, -0.15) is 0 Å². The summed E-state index contributed by atoms with van der Waals surface area (Å²) < 4.78 is 5.91. The average Bonchev–Trinajstić information content (AvgIpc) is 2.59. The molecule has 2 rings (SSSR count). The summed E-state index contributed by atoms with van der Waals surface area (Å²) in [5, 5.41) is 10.1. The molecule has 0 radical (unpaired) electrons. The molecule has 1 atom stereocenters. The molecule has 1 aliphatic rings. The highest BCUT2D eigenvalue weighted by atomic mass is 16.5. The van der Waals surface area contributed by atoms with Gasteiger partial charge in [0.2, 0.25) is 0 Å². The lowest BCUT2D eigenvalue weighted by atomic mass is 9.98. The van der Waals surface area contributed by atoms with Gasteiger partial charge in [-0.3, -0.25) is 0 Å². The van der Waals surface area contributed by atoms with Gasteiger partial charge in [-0.05, 0) is 25.8 Å². The van der Waals surface area contributed by atoms with Gasteiger partial charge in [0, 0.05) is 18.4 Å². The maximum Gasteiger partial charge on any atom is 0.129 e. The molecule has 1 heterocycles. The van der Waals surface area contributed by atoms with Gasteiger partial charge in [0.1, 0.15) is 11.4 Å². The molecular formula is C15H18O2. The first-order chi connectivity index (χ1) is 8.03. The lowest BCUT2D eigenvalue weighted by Gasteiger charge is -2.19. The highest BCUT2D eigenvalue weighted by molar-refractivity contribution is 5.46. The maximum atomic E-state index is 10.1. The molecule has 0 amide bonds. The number of fused-ring (bicyclic) bond motifs is 1. The van der Waals surface area contributed by atoms with Crippen molar-refractivity contribution in [3.8, 4) is 18.1 Å². The van der Waals surface area contributed by atoms with E-state index in [-0.39, 0.29) is 5.60 Å². The minimum atomic E-state index is -0.533. The summed E-state index contributed by atoms with van der Waals surface area (Å²) in [4.78, 5) is 0. The number of terminal acetylenes is 1. The van der Waals surface area contributed by atoms with Crippen LogP contribution in [0, 0.1) is 12.3 Å². The third-order valence-electron chi connectivity index (χ3n) is 3.04. The summed E-state index contributed by atoms with van der Waals surface area (Å²) in [5.41, 5.74) is 1.86. The Kier molecular flexibility index (Phi) is 3.13. The van der Waals surface area contributed by atoms with E-state index in [2.05, 4.69) is 25.8 Å². The number of para-hydroxylation sites is 1. The van der Waals surface area contributed by atoms with E-state index in [0.717, 1.165) is 17.7 Å². The third-order valence-corrected chi connectivity index (χ3v) is 3.04. The largest absolute Gasteiger partial charge is 0.487 e. The number of ether oxygens (including phenoxy) is 1. The second-order valence-corrected chi connectivity index (χ2v) is 5.13. The van der Waals surface area contributed by atoms with Crippen LogP contribution in [0.2, 0.25) is 0 Å². The normalized spacial score (nSPS) is 18.0. The predicted molar refractivity (Wildman–Crippen MR) is 67.9 cm³/mol. The van der Waals surface area contributed by atoms with Crippen molar-refractivity contribution in [2.45, 2.75) is 44.8 Å². The third kappa shape index (κ3) is 2.45. The summed E-state index contributed by atoms with van der Waals surface area (Å²) in [6.45, 7) is 4.12. The van der Waals surface area contributed by atoms with Crippen molar-refractivity contribution in [1.82, 2.24) is 0 Å². The zero-order chi connectivity index (χ0) is 12.5. The molecule has 1 aromatic carbocycles. The maximum absolute atomic E-state index is 10.1. The van der Waals surface area contributed by atoms with Crippen molar-refractivity contribution in [2.75, 3.05) is 0 Å². The second-order valence-electron chi connectivity index (χ2n) is 5.13. The van der Waals surface area contributed by atoms with Gasteiger partial charge >= 0.3 is 0 Å². The fourth-order valence-electron chi connectivity index (χ4n) is 2.28. The van der Waals surface area contributed by atoms with E-state index in [0.29, 0.717) is 12.8 Å².